The van der Waals surface area contributed by atoms with Crippen molar-refractivity contribution in [3.63, 3.8) is 0 Å². The van der Waals surface area contributed by atoms with Crippen molar-refractivity contribution in [1.82, 2.24) is 4.72 Å². The Balaban J connectivity index is 1.77. The van der Waals surface area contributed by atoms with Gasteiger partial charge in [0, 0.05) is 6.54 Å². The van der Waals surface area contributed by atoms with Gasteiger partial charge in [0.25, 0.3) is 0 Å². The maximum Gasteiger partial charge on any atom is 0.348 e. The number of hydrogen-bond donors (Lipinski definition) is 2. The van der Waals surface area contributed by atoms with Crippen LogP contribution in [0.15, 0.2) is 58.8 Å². The van der Waals surface area contributed by atoms with E-state index in [-0.39, 0.29) is 15.6 Å². The van der Waals surface area contributed by atoms with Crippen molar-refractivity contribution >= 4 is 38.1 Å². The van der Waals surface area contributed by atoms with Crippen molar-refractivity contribution in [2.75, 3.05) is 13.7 Å². The van der Waals surface area contributed by atoms with Gasteiger partial charge in [-0.1, -0.05) is 42.5 Å². The fourth-order valence-corrected chi connectivity index (χ4v) is 4.89. The summed E-state index contributed by atoms with van der Waals surface area (Å²) in [6, 6.07) is 15.8. The minimum absolute atomic E-state index is 0.0111. The second-order valence-corrected chi connectivity index (χ2v) is 8.62. The van der Waals surface area contributed by atoms with Crippen LogP contribution < -0.4 is 4.72 Å². The summed E-state index contributed by atoms with van der Waals surface area (Å²) in [5, 5.41) is 12.3. The Morgan fingerprint density at radius 2 is 1.88 bits per heavy atom. The number of nitrogens with one attached hydrogen (secondary N) is 1. The summed E-state index contributed by atoms with van der Waals surface area (Å²) in [5.41, 5.74) is 0.646. The Morgan fingerprint density at radius 1 is 1.15 bits per heavy atom. The van der Waals surface area contributed by atoms with E-state index in [0.717, 1.165) is 22.1 Å². The third-order valence-electron chi connectivity index (χ3n) is 3.88. The second kappa shape index (κ2) is 7.55. The number of ether oxygens (including phenoxy) is 1. The molecule has 1 heterocycles. The molecule has 0 radical (unpaired) electrons. The number of sulfonamides is 1. The normalized spacial score (nSPS) is 12.8. The number of aliphatic hydroxyl groups is 1. The Kier molecular flexibility index (Phi) is 5.38. The van der Waals surface area contributed by atoms with E-state index in [9.17, 15) is 18.3 Å². The molecule has 0 aliphatic carbocycles. The summed E-state index contributed by atoms with van der Waals surface area (Å²) in [7, 11) is -2.61. The first-order valence-electron chi connectivity index (χ1n) is 7.76. The highest BCUT2D eigenvalue weighted by Crippen LogP contribution is 2.25. The molecule has 0 saturated carbocycles. The van der Waals surface area contributed by atoms with Crippen molar-refractivity contribution in [1.29, 1.82) is 0 Å². The molecule has 0 aliphatic heterocycles. The van der Waals surface area contributed by atoms with Crippen LogP contribution in [0.4, 0.5) is 0 Å². The molecule has 2 aromatic carbocycles. The highest BCUT2D eigenvalue weighted by Gasteiger charge is 2.21. The minimum atomic E-state index is -3.84. The van der Waals surface area contributed by atoms with Gasteiger partial charge in [-0.05, 0) is 28.5 Å². The van der Waals surface area contributed by atoms with Crippen molar-refractivity contribution in [2.45, 2.75) is 10.3 Å². The molecular formula is C18H17NO5S2. The lowest BCUT2D eigenvalue weighted by Gasteiger charge is -2.14. The summed E-state index contributed by atoms with van der Waals surface area (Å²) < 4.78 is 31.7. The van der Waals surface area contributed by atoms with Crippen molar-refractivity contribution in [2.24, 2.45) is 0 Å². The highest BCUT2D eigenvalue weighted by atomic mass is 32.2. The zero-order chi connectivity index (χ0) is 18.7. The van der Waals surface area contributed by atoms with Crippen LogP contribution in [-0.4, -0.2) is 33.1 Å². The van der Waals surface area contributed by atoms with Gasteiger partial charge in [-0.2, -0.15) is 0 Å². The molecule has 1 unspecified atom stereocenters. The van der Waals surface area contributed by atoms with Gasteiger partial charge >= 0.3 is 5.97 Å². The van der Waals surface area contributed by atoms with E-state index in [4.69, 9.17) is 0 Å². The number of methoxy groups -OCH3 is 1. The fraction of sp³-hybridized carbons (Fsp3) is 0.167. The Bertz CT molecular complexity index is 1040. The number of thiophene rings is 1. The quantitative estimate of drug-likeness (QED) is 0.630. The molecule has 3 aromatic rings. The number of benzene rings is 2. The fourth-order valence-electron chi connectivity index (χ4n) is 2.59. The van der Waals surface area contributed by atoms with Crippen molar-refractivity contribution in [3.8, 4) is 0 Å². The van der Waals surface area contributed by atoms with E-state index in [2.05, 4.69) is 9.46 Å². The van der Waals surface area contributed by atoms with Gasteiger partial charge in [0.1, 0.15) is 9.09 Å². The van der Waals surface area contributed by atoms with Gasteiger partial charge in [0.15, 0.2) is 0 Å². The molecule has 26 heavy (non-hydrogen) atoms. The summed E-state index contributed by atoms with van der Waals surface area (Å²) in [5.74, 6) is -0.591. The molecule has 6 nitrogen and oxygen atoms in total. The van der Waals surface area contributed by atoms with Gasteiger partial charge in [0.2, 0.25) is 10.0 Å². The number of esters is 1. The van der Waals surface area contributed by atoms with Crippen molar-refractivity contribution in [3.05, 3.63) is 65.0 Å². The number of carbonyl (C=O) groups is 1. The maximum atomic E-state index is 12.4. The van der Waals surface area contributed by atoms with Gasteiger partial charge in [-0.25, -0.2) is 17.9 Å². The molecule has 2 N–H and O–H groups in total. The SMILES string of the molecule is COC(=O)c1ccc(S(=O)(=O)NCC(O)c2cccc3ccccc23)s1. The topological polar surface area (TPSA) is 92.7 Å². The lowest BCUT2D eigenvalue weighted by molar-refractivity contribution is 0.0606. The van der Waals surface area contributed by atoms with Crippen molar-refractivity contribution < 1.29 is 23.1 Å². The predicted molar refractivity (Wildman–Crippen MR) is 99.8 cm³/mol. The monoisotopic (exact) mass is 391 g/mol. The molecule has 0 aliphatic rings. The average Bonchev–Trinajstić information content (AvgIpc) is 3.16. The van der Waals surface area contributed by atoms with Crippen LogP contribution in [0.3, 0.4) is 0 Å². The Hall–Kier alpha value is -2.26. The van der Waals surface area contributed by atoms with Crippen LogP contribution in [-0.2, 0) is 14.8 Å². The summed E-state index contributed by atoms with van der Waals surface area (Å²) in [4.78, 5) is 11.7. The van der Waals surface area contributed by atoms with Gasteiger partial charge in [-0.3, -0.25) is 0 Å². The van der Waals surface area contributed by atoms with Crippen LogP contribution in [0.5, 0.6) is 0 Å². The molecule has 0 saturated heterocycles. The number of rotatable bonds is 6. The molecule has 0 amide bonds. The lowest BCUT2D eigenvalue weighted by Crippen LogP contribution is -2.28. The smallest absolute Gasteiger partial charge is 0.348 e. The predicted octanol–water partition coefficient (Wildman–Crippen LogP) is 2.70. The lowest BCUT2D eigenvalue weighted by atomic mass is 10.0. The number of carbonyl (C=O) groups excluding carboxylic acids is 1. The van der Waals surface area contributed by atoms with Crippen LogP contribution in [0, 0.1) is 0 Å². The number of aliphatic hydroxyl groups excluding tert-OH is 1. The second-order valence-electron chi connectivity index (χ2n) is 5.55. The number of hydrogen-bond acceptors (Lipinski definition) is 6. The zero-order valence-electron chi connectivity index (χ0n) is 13.9. The first kappa shape index (κ1) is 18.5. The van der Waals surface area contributed by atoms with E-state index < -0.39 is 22.1 Å². The third-order valence-corrected chi connectivity index (χ3v) is 6.86. The Labute approximate surface area is 155 Å². The van der Waals surface area contributed by atoms with E-state index >= 15 is 0 Å². The molecule has 1 aromatic heterocycles. The molecule has 0 bridgehead atoms. The molecule has 3 rings (SSSR count). The third kappa shape index (κ3) is 3.78. The average molecular weight is 391 g/mol. The minimum Gasteiger partial charge on any atom is -0.465 e. The zero-order valence-corrected chi connectivity index (χ0v) is 15.5. The Morgan fingerprint density at radius 3 is 2.65 bits per heavy atom. The standard InChI is InChI=1S/C18H17NO5S2/c1-24-18(21)16-9-10-17(25-16)26(22,23)19-11-15(20)14-8-4-6-12-5-2-3-7-13(12)14/h2-10,15,19-20H,11H2,1H3. The van der Waals surface area contributed by atoms with Crippen LogP contribution in [0.2, 0.25) is 0 Å². The van der Waals surface area contributed by atoms with Crippen LogP contribution in [0.1, 0.15) is 21.3 Å². The molecule has 0 spiro atoms. The largest absolute Gasteiger partial charge is 0.465 e. The van der Waals surface area contributed by atoms with Crippen LogP contribution >= 0.6 is 11.3 Å². The number of fused-ring (bicyclic) bond motifs is 1. The molecule has 8 heteroatoms. The molecule has 0 fully saturated rings. The van der Waals surface area contributed by atoms with E-state index in [1.165, 1.54) is 19.2 Å². The van der Waals surface area contributed by atoms with Gasteiger partial charge in [-0.15, -0.1) is 11.3 Å². The summed E-state index contributed by atoms with van der Waals surface area (Å²) in [6.45, 7) is -0.179. The maximum absolute atomic E-state index is 12.4. The van der Waals surface area contributed by atoms with Gasteiger partial charge < -0.3 is 9.84 Å². The van der Waals surface area contributed by atoms with E-state index in [1.54, 1.807) is 6.07 Å². The first-order valence-corrected chi connectivity index (χ1v) is 10.1. The molecule has 136 valence electrons. The van der Waals surface area contributed by atoms with E-state index in [0.29, 0.717) is 5.56 Å². The van der Waals surface area contributed by atoms with E-state index in [1.807, 2.05) is 36.4 Å². The van der Waals surface area contributed by atoms with Gasteiger partial charge in [0.05, 0.1) is 13.2 Å². The summed E-state index contributed by atoms with van der Waals surface area (Å²) >= 11 is 0.816. The van der Waals surface area contributed by atoms with Crippen LogP contribution in [0.25, 0.3) is 10.8 Å². The molecular weight excluding hydrogens is 374 g/mol. The molecule has 1 atom stereocenters. The summed E-state index contributed by atoms with van der Waals surface area (Å²) in [6.07, 6.45) is -1.00. The first-order chi connectivity index (χ1) is 12.4. The highest BCUT2D eigenvalue weighted by molar-refractivity contribution is 7.91.